The Morgan fingerprint density at radius 3 is 2.54 bits per heavy atom. The smallest absolute Gasteiger partial charge is 0.406 e. The molecule has 3 N–H and O–H groups in total. The minimum atomic E-state index is -4.70. The van der Waals surface area contributed by atoms with Gasteiger partial charge in [-0.2, -0.15) is 0 Å². The van der Waals surface area contributed by atoms with Gasteiger partial charge in [0.15, 0.2) is 5.96 Å². The van der Waals surface area contributed by atoms with Crippen LogP contribution in [0.3, 0.4) is 0 Å². The summed E-state index contributed by atoms with van der Waals surface area (Å²) < 4.78 is 40.2. The van der Waals surface area contributed by atoms with Crippen LogP contribution in [0.4, 0.5) is 19.0 Å². The van der Waals surface area contributed by atoms with E-state index < -0.39 is 6.36 Å². The van der Waals surface area contributed by atoms with Crippen molar-refractivity contribution in [2.75, 3.05) is 19.0 Å². The van der Waals surface area contributed by atoms with Gasteiger partial charge in [0.2, 0.25) is 0 Å². The van der Waals surface area contributed by atoms with Gasteiger partial charge in [-0.05, 0) is 23.8 Å². The lowest BCUT2D eigenvalue weighted by Gasteiger charge is -2.16. The van der Waals surface area contributed by atoms with E-state index in [0.717, 1.165) is 11.4 Å². The summed E-state index contributed by atoms with van der Waals surface area (Å²) in [7, 11) is 3.80. The van der Waals surface area contributed by atoms with Gasteiger partial charge in [0, 0.05) is 32.4 Å². The number of aliphatic imine (C=N–C) groups is 1. The van der Waals surface area contributed by atoms with E-state index in [1.165, 1.54) is 24.3 Å². The van der Waals surface area contributed by atoms with Crippen LogP contribution in [0.2, 0.25) is 0 Å². The van der Waals surface area contributed by atoms with Gasteiger partial charge in [-0.25, -0.2) is 9.98 Å². The van der Waals surface area contributed by atoms with Gasteiger partial charge < -0.3 is 20.7 Å². The number of ether oxygens (including phenoxy) is 1. The molecule has 26 heavy (non-hydrogen) atoms. The second kappa shape index (κ2) is 8.41. The fraction of sp³-hybridized carbons (Fsp3) is 0.294. The molecular formula is C17H20F3N5O. The number of hydrogen-bond donors (Lipinski definition) is 2. The van der Waals surface area contributed by atoms with Crippen molar-refractivity contribution in [1.29, 1.82) is 0 Å². The zero-order valence-corrected chi connectivity index (χ0v) is 14.4. The van der Waals surface area contributed by atoms with E-state index in [9.17, 15) is 13.2 Å². The average molecular weight is 367 g/mol. The van der Waals surface area contributed by atoms with Crippen molar-refractivity contribution in [2.45, 2.75) is 19.5 Å². The van der Waals surface area contributed by atoms with Gasteiger partial charge in [0.25, 0.3) is 0 Å². The number of nitrogens with one attached hydrogen (secondary N) is 1. The molecule has 9 heteroatoms. The Labute approximate surface area is 149 Å². The highest BCUT2D eigenvalue weighted by Gasteiger charge is 2.30. The van der Waals surface area contributed by atoms with Crippen molar-refractivity contribution in [3.8, 4) is 5.75 Å². The topological polar surface area (TPSA) is 75.8 Å². The summed E-state index contributed by atoms with van der Waals surface area (Å²) >= 11 is 0. The van der Waals surface area contributed by atoms with E-state index in [2.05, 4.69) is 20.0 Å². The molecule has 0 aliphatic carbocycles. The summed E-state index contributed by atoms with van der Waals surface area (Å²) in [6.45, 7) is 0.688. The first kappa shape index (κ1) is 19.4. The molecule has 0 saturated heterocycles. The van der Waals surface area contributed by atoms with Crippen LogP contribution in [0.5, 0.6) is 5.75 Å². The van der Waals surface area contributed by atoms with Crippen LogP contribution in [0.25, 0.3) is 0 Å². The number of rotatable bonds is 6. The lowest BCUT2D eigenvalue weighted by molar-refractivity contribution is -0.274. The van der Waals surface area contributed by atoms with E-state index in [-0.39, 0.29) is 18.3 Å². The molecule has 0 aliphatic rings. The van der Waals surface area contributed by atoms with Crippen molar-refractivity contribution >= 4 is 11.8 Å². The fourth-order valence-corrected chi connectivity index (χ4v) is 2.19. The molecule has 1 aromatic heterocycles. The molecule has 0 fully saturated rings. The Morgan fingerprint density at radius 2 is 1.92 bits per heavy atom. The summed E-state index contributed by atoms with van der Waals surface area (Å²) in [5.41, 5.74) is 7.51. The third-order valence-electron chi connectivity index (χ3n) is 3.34. The van der Waals surface area contributed by atoms with Crippen LogP contribution in [-0.2, 0) is 13.1 Å². The minimum absolute atomic E-state index is 0.231. The molecule has 0 amide bonds. The normalized spacial score (nSPS) is 12.0. The molecule has 0 saturated carbocycles. The van der Waals surface area contributed by atoms with Crippen molar-refractivity contribution in [3.63, 3.8) is 0 Å². The number of pyridine rings is 1. The summed E-state index contributed by atoms with van der Waals surface area (Å²) in [5, 5.41) is 2.99. The van der Waals surface area contributed by atoms with Crippen molar-refractivity contribution in [2.24, 2.45) is 10.7 Å². The number of aromatic nitrogens is 1. The highest BCUT2D eigenvalue weighted by atomic mass is 19.4. The van der Waals surface area contributed by atoms with Crippen LogP contribution in [0.1, 0.15) is 11.1 Å². The first-order valence-electron chi connectivity index (χ1n) is 7.74. The maximum Gasteiger partial charge on any atom is 0.573 e. The zero-order chi connectivity index (χ0) is 19.2. The summed E-state index contributed by atoms with van der Waals surface area (Å²) in [4.78, 5) is 10.4. The van der Waals surface area contributed by atoms with Gasteiger partial charge in [-0.3, -0.25) is 0 Å². The molecule has 1 heterocycles. The number of hydrogen-bond acceptors (Lipinski definition) is 4. The van der Waals surface area contributed by atoms with Crippen LogP contribution < -0.4 is 20.7 Å². The minimum Gasteiger partial charge on any atom is -0.406 e. The number of nitrogens with zero attached hydrogens (tertiary/aromatic N) is 3. The molecule has 0 radical (unpaired) electrons. The summed E-state index contributed by atoms with van der Waals surface area (Å²) in [5.74, 6) is 0.784. The van der Waals surface area contributed by atoms with E-state index >= 15 is 0 Å². The molecule has 0 unspecified atom stereocenters. The summed E-state index contributed by atoms with van der Waals surface area (Å²) in [6, 6.07) is 9.25. The molecule has 2 aromatic rings. The number of benzene rings is 1. The van der Waals surface area contributed by atoms with Crippen molar-refractivity contribution in [3.05, 3.63) is 53.7 Å². The van der Waals surface area contributed by atoms with Crippen LogP contribution >= 0.6 is 0 Å². The Balaban J connectivity index is 1.90. The highest BCUT2D eigenvalue weighted by molar-refractivity contribution is 5.78. The third-order valence-corrected chi connectivity index (χ3v) is 3.34. The predicted molar refractivity (Wildman–Crippen MR) is 93.9 cm³/mol. The molecular weight excluding hydrogens is 347 g/mol. The Kier molecular flexibility index (Phi) is 6.26. The zero-order valence-electron chi connectivity index (χ0n) is 14.4. The quantitative estimate of drug-likeness (QED) is 0.606. The van der Waals surface area contributed by atoms with Crippen molar-refractivity contribution in [1.82, 2.24) is 10.3 Å². The monoisotopic (exact) mass is 367 g/mol. The maximum atomic E-state index is 12.1. The summed E-state index contributed by atoms with van der Waals surface area (Å²) in [6.07, 6.45) is -2.99. The van der Waals surface area contributed by atoms with E-state index in [1.807, 2.05) is 31.1 Å². The SMILES string of the molecule is CN(C)c1ncccc1CNC(N)=NCc1ccc(OC(F)(F)F)cc1. The number of guanidine groups is 1. The maximum absolute atomic E-state index is 12.1. The first-order valence-corrected chi connectivity index (χ1v) is 7.74. The second-order valence-corrected chi connectivity index (χ2v) is 5.63. The molecule has 0 atom stereocenters. The van der Waals surface area contributed by atoms with Crippen LogP contribution in [0, 0.1) is 0 Å². The van der Waals surface area contributed by atoms with Gasteiger partial charge >= 0.3 is 6.36 Å². The predicted octanol–water partition coefficient (Wildman–Crippen LogP) is 2.65. The number of anilines is 1. The standard InChI is InChI=1S/C17H20F3N5O/c1-25(2)15-13(4-3-9-22-15)11-24-16(21)23-10-12-5-7-14(8-6-12)26-17(18,19)20/h3-9H,10-11H2,1-2H3,(H3,21,23,24). The molecule has 1 aromatic carbocycles. The Bertz CT molecular complexity index is 745. The first-order chi connectivity index (χ1) is 12.2. The molecule has 0 aliphatic heterocycles. The Hall–Kier alpha value is -2.97. The van der Waals surface area contributed by atoms with E-state index in [4.69, 9.17) is 5.73 Å². The largest absolute Gasteiger partial charge is 0.573 e. The number of halogens is 3. The molecule has 6 nitrogen and oxygen atoms in total. The number of alkyl halides is 3. The van der Waals surface area contributed by atoms with E-state index in [1.54, 1.807) is 6.20 Å². The van der Waals surface area contributed by atoms with Crippen LogP contribution in [-0.4, -0.2) is 31.4 Å². The number of nitrogens with two attached hydrogens (primary N) is 1. The van der Waals surface area contributed by atoms with Gasteiger partial charge in [0.1, 0.15) is 11.6 Å². The Morgan fingerprint density at radius 1 is 1.23 bits per heavy atom. The third kappa shape index (κ3) is 6.15. The highest BCUT2D eigenvalue weighted by Crippen LogP contribution is 2.22. The van der Waals surface area contributed by atoms with Gasteiger partial charge in [0.05, 0.1) is 6.54 Å². The second-order valence-electron chi connectivity index (χ2n) is 5.63. The van der Waals surface area contributed by atoms with Crippen molar-refractivity contribution < 1.29 is 17.9 Å². The lowest BCUT2D eigenvalue weighted by atomic mass is 10.2. The average Bonchev–Trinajstić information content (AvgIpc) is 2.58. The molecule has 140 valence electrons. The molecule has 0 bridgehead atoms. The van der Waals surface area contributed by atoms with Gasteiger partial charge in [-0.15, -0.1) is 13.2 Å². The fourth-order valence-electron chi connectivity index (χ4n) is 2.19. The molecule has 2 rings (SSSR count). The lowest BCUT2D eigenvalue weighted by Crippen LogP contribution is -2.31. The van der Waals surface area contributed by atoms with Crippen LogP contribution in [0.15, 0.2) is 47.6 Å². The van der Waals surface area contributed by atoms with E-state index in [0.29, 0.717) is 12.1 Å². The van der Waals surface area contributed by atoms with Gasteiger partial charge in [-0.1, -0.05) is 18.2 Å². The molecule has 0 spiro atoms.